The van der Waals surface area contributed by atoms with Crippen LogP contribution in [0.15, 0.2) is 89.6 Å². The molecule has 5 heteroatoms. The van der Waals surface area contributed by atoms with Crippen LogP contribution in [-0.2, 0) is 26.5 Å². The third-order valence-corrected chi connectivity index (χ3v) is 7.81. The molecule has 0 fully saturated rings. The molecule has 0 unspecified atom stereocenters. The van der Waals surface area contributed by atoms with Crippen LogP contribution in [0.2, 0.25) is 0 Å². The Morgan fingerprint density at radius 1 is 0.711 bits per heavy atom. The number of furan rings is 1. The van der Waals surface area contributed by atoms with E-state index in [4.69, 9.17) is 9.40 Å². The van der Waals surface area contributed by atoms with E-state index in [1.165, 1.54) is 16.7 Å². The molecule has 0 saturated heterocycles. The van der Waals surface area contributed by atoms with Crippen LogP contribution < -0.4 is 0 Å². The minimum atomic E-state index is 0. The van der Waals surface area contributed by atoms with Gasteiger partial charge in [0, 0.05) is 49.0 Å². The predicted octanol–water partition coefficient (Wildman–Crippen LogP) is 10.4. The summed E-state index contributed by atoms with van der Waals surface area (Å²) in [7, 11) is 0. The molecule has 0 spiro atoms. The van der Waals surface area contributed by atoms with Gasteiger partial charge in [0.1, 0.15) is 11.1 Å². The van der Waals surface area contributed by atoms with Gasteiger partial charge < -0.3 is 14.4 Å². The number of fused-ring (bicyclic) bond motifs is 5. The molecule has 0 aliphatic heterocycles. The van der Waals surface area contributed by atoms with E-state index in [1.54, 1.807) is 0 Å². The largest absolute Gasteiger partial charge is 0.498 e. The average Bonchev–Trinajstić information content (AvgIpc) is 3.39. The molecular formula is C40H37IrN3O-2. The van der Waals surface area contributed by atoms with Crippen molar-refractivity contribution in [3.05, 3.63) is 125 Å². The zero-order valence-electron chi connectivity index (χ0n) is 26.9. The Hall–Kier alpha value is -4.18. The van der Waals surface area contributed by atoms with E-state index in [9.17, 15) is 0 Å². The SMILES string of the molecule is Cc1c[c-]c(-c2cc(C)c(C)cn2)cc1.Cc1ccc(-c2[c-]ccc3c2oc2c3ccc3ccc(CC(C)(C)C)nc32)nc1.[Ir]. The molecule has 0 saturated carbocycles. The zero-order chi connectivity index (χ0) is 31.0. The summed E-state index contributed by atoms with van der Waals surface area (Å²) in [6, 6.07) is 31.4. The molecular weight excluding hydrogens is 731 g/mol. The van der Waals surface area contributed by atoms with Gasteiger partial charge in [-0.05, 0) is 61.2 Å². The Morgan fingerprint density at radius 2 is 1.44 bits per heavy atom. The van der Waals surface area contributed by atoms with Gasteiger partial charge in [-0.2, -0.15) is 0 Å². The standard InChI is InChI=1S/C26H23N2O.C14H14N.Ir/c1-16-8-13-22(27-15-16)21-7-5-6-19-20-12-10-17-9-11-18(14-26(2,3)4)28-23(17)25(20)29-24(19)21;1-10-4-6-13(7-5-10)14-8-11(2)12(3)9-15-14;/h5-6,8-13,15H,14H2,1-4H3;4-6,8-9H,1-3H3;/q2*-1;. The summed E-state index contributed by atoms with van der Waals surface area (Å²) in [6.45, 7) is 15.0. The number of rotatable bonds is 3. The summed E-state index contributed by atoms with van der Waals surface area (Å²) < 4.78 is 6.43. The Balaban J connectivity index is 0.000000212. The maximum Gasteiger partial charge on any atom is 0.147 e. The first kappa shape index (κ1) is 32.2. The average molecular weight is 768 g/mol. The minimum absolute atomic E-state index is 0. The number of aryl methyl sites for hydroxylation is 4. The molecule has 0 atom stereocenters. The van der Waals surface area contributed by atoms with Crippen LogP contribution in [0.5, 0.6) is 0 Å². The molecule has 4 heterocycles. The number of hydrogen-bond donors (Lipinski definition) is 0. The van der Waals surface area contributed by atoms with Crippen LogP contribution in [0.1, 0.15) is 48.7 Å². The Labute approximate surface area is 279 Å². The fraction of sp³-hybridized carbons (Fsp3) is 0.225. The molecule has 0 aliphatic carbocycles. The van der Waals surface area contributed by atoms with Gasteiger partial charge in [-0.3, -0.25) is 0 Å². The maximum absolute atomic E-state index is 6.43. The monoisotopic (exact) mass is 768 g/mol. The maximum atomic E-state index is 6.43. The molecule has 0 bridgehead atoms. The molecule has 7 aromatic rings. The third-order valence-electron chi connectivity index (χ3n) is 7.81. The van der Waals surface area contributed by atoms with Crippen molar-refractivity contribution in [1.29, 1.82) is 0 Å². The second-order valence-electron chi connectivity index (χ2n) is 12.9. The normalized spacial score (nSPS) is 11.4. The van der Waals surface area contributed by atoms with Crippen molar-refractivity contribution < 1.29 is 24.5 Å². The van der Waals surface area contributed by atoms with Gasteiger partial charge in [0.25, 0.3) is 0 Å². The van der Waals surface area contributed by atoms with Gasteiger partial charge in [-0.25, -0.2) is 4.98 Å². The van der Waals surface area contributed by atoms with E-state index in [0.29, 0.717) is 0 Å². The van der Waals surface area contributed by atoms with Crippen molar-refractivity contribution >= 4 is 32.8 Å². The Kier molecular flexibility index (Phi) is 9.34. The molecule has 4 nitrogen and oxygen atoms in total. The van der Waals surface area contributed by atoms with Gasteiger partial charge in [-0.15, -0.1) is 53.6 Å². The Bertz CT molecular complexity index is 2100. The number of benzene rings is 3. The third kappa shape index (κ3) is 7.06. The van der Waals surface area contributed by atoms with Crippen LogP contribution >= 0.6 is 0 Å². The van der Waals surface area contributed by atoms with Crippen molar-refractivity contribution in [2.24, 2.45) is 5.41 Å². The second-order valence-corrected chi connectivity index (χ2v) is 12.9. The molecule has 45 heavy (non-hydrogen) atoms. The van der Waals surface area contributed by atoms with Gasteiger partial charge in [0.15, 0.2) is 0 Å². The summed E-state index contributed by atoms with van der Waals surface area (Å²) in [6.07, 6.45) is 4.71. The summed E-state index contributed by atoms with van der Waals surface area (Å²) in [5.41, 5.74) is 12.5. The first-order valence-corrected chi connectivity index (χ1v) is 15.1. The van der Waals surface area contributed by atoms with Crippen LogP contribution in [0.3, 0.4) is 0 Å². The van der Waals surface area contributed by atoms with Crippen LogP contribution in [-0.4, -0.2) is 15.0 Å². The number of pyridine rings is 3. The first-order valence-electron chi connectivity index (χ1n) is 15.1. The van der Waals surface area contributed by atoms with Gasteiger partial charge >= 0.3 is 0 Å². The molecule has 0 aliphatic rings. The van der Waals surface area contributed by atoms with E-state index in [1.807, 2.05) is 37.5 Å². The van der Waals surface area contributed by atoms with Crippen LogP contribution in [0.25, 0.3) is 55.4 Å². The summed E-state index contributed by atoms with van der Waals surface area (Å²) in [5.74, 6) is 0. The van der Waals surface area contributed by atoms with Gasteiger partial charge in [0.2, 0.25) is 0 Å². The van der Waals surface area contributed by atoms with Crippen molar-refractivity contribution in [2.45, 2.75) is 54.9 Å². The van der Waals surface area contributed by atoms with Crippen molar-refractivity contribution in [1.82, 2.24) is 15.0 Å². The smallest absolute Gasteiger partial charge is 0.147 e. The van der Waals surface area contributed by atoms with Gasteiger partial charge in [0.05, 0.1) is 5.58 Å². The number of hydrogen-bond acceptors (Lipinski definition) is 4. The topological polar surface area (TPSA) is 51.8 Å². The number of nitrogens with zero attached hydrogens (tertiary/aromatic N) is 3. The van der Waals surface area contributed by atoms with Crippen LogP contribution in [0.4, 0.5) is 0 Å². The quantitative estimate of drug-likeness (QED) is 0.168. The Morgan fingerprint density at radius 3 is 2.13 bits per heavy atom. The second kappa shape index (κ2) is 13.0. The molecule has 4 aromatic heterocycles. The summed E-state index contributed by atoms with van der Waals surface area (Å²) in [4.78, 5) is 14.0. The van der Waals surface area contributed by atoms with Gasteiger partial charge in [-0.1, -0.05) is 80.6 Å². The van der Waals surface area contributed by atoms with E-state index < -0.39 is 0 Å². The molecule has 229 valence electrons. The molecule has 1 radical (unpaired) electrons. The minimum Gasteiger partial charge on any atom is -0.498 e. The van der Waals surface area contributed by atoms with Crippen molar-refractivity contribution in [3.8, 4) is 22.5 Å². The first-order chi connectivity index (χ1) is 21.1. The van der Waals surface area contributed by atoms with E-state index in [-0.39, 0.29) is 25.5 Å². The van der Waals surface area contributed by atoms with Crippen molar-refractivity contribution in [3.63, 3.8) is 0 Å². The fourth-order valence-corrected chi connectivity index (χ4v) is 5.30. The van der Waals surface area contributed by atoms with E-state index in [0.717, 1.165) is 73.0 Å². The van der Waals surface area contributed by atoms with E-state index >= 15 is 0 Å². The molecule has 0 amide bonds. The van der Waals surface area contributed by atoms with E-state index in [2.05, 4.69) is 118 Å². The van der Waals surface area contributed by atoms with Crippen molar-refractivity contribution in [2.75, 3.05) is 0 Å². The zero-order valence-corrected chi connectivity index (χ0v) is 29.3. The predicted molar refractivity (Wildman–Crippen MR) is 182 cm³/mol. The molecule has 7 rings (SSSR count). The molecule has 3 aromatic carbocycles. The van der Waals surface area contributed by atoms with Crippen LogP contribution in [0, 0.1) is 45.2 Å². The number of aromatic nitrogens is 3. The summed E-state index contributed by atoms with van der Waals surface area (Å²) in [5, 5.41) is 3.24. The summed E-state index contributed by atoms with van der Waals surface area (Å²) >= 11 is 0. The molecule has 0 N–H and O–H groups in total. The fourth-order valence-electron chi connectivity index (χ4n) is 5.30.